The van der Waals surface area contributed by atoms with Crippen LogP contribution in [-0.2, 0) is 11.2 Å². The van der Waals surface area contributed by atoms with Gasteiger partial charge in [0.25, 0.3) is 0 Å². The minimum atomic E-state index is -0.591. The lowest BCUT2D eigenvalue weighted by Crippen LogP contribution is -2.09. The van der Waals surface area contributed by atoms with Gasteiger partial charge in [0.2, 0.25) is 0 Å². The number of nitriles is 1. The Labute approximate surface area is 122 Å². The number of methoxy groups -OCH3 is 1. The number of anilines is 1. The van der Waals surface area contributed by atoms with Gasteiger partial charge in [-0.25, -0.2) is 9.78 Å². The first-order valence-electron chi connectivity index (χ1n) is 6.50. The topological polar surface area (TPSA) is 93.9 Å². The van der Waals surface area contributed by atoms with Crippen molar-refractivity contribution in [2.75, 3.05) is 12.8 Å². The quantitative estimate of drug-likeness (QED) is 0.870. The summed E-state index contributed by atoms with van der Waals surface area (Å²) >= 11 is 0. The van der Waals surface area contributed by atoms with Crippen molar-refractivity contribution in [1.82, 2.24) is 9.55 Å². The Hall–Kier alpha value is -2.81. The molecule has 0 aliphatic rings. The van der Waals surface area contributed by atoms with Crippen LogP contribution in [-0.4, -0.2) is 22.6 Å². The molecule has 6 nitrogen and oxygen atoms in total. The number of aromatic nitrogens is 2. The van der Waals surface area contributed by atoms with Gasteiger partial charge >= 0.3 is 5.97 Å². The van der Waals surface area contributed by atoms with Gasteiger partial charge < -0.3 is 10.5 Å². The summed E-state index contributed by atoms with van der Waals surface area (Å²) in [7, 11) is 1.28. The second-order valence-electron chi connectivity index (χ2n) is 4.52. The number of carbonyl (C=O) groups excluding carboxylic acids is 1. The van der Waals surface area contributed by atoms with Crippen LogP contribution in [0.1, 0.15) is 34.4 Å². The summed E-state index contributed by atoms with van der Waals surface area (Å²) < 4.78 is 6.32. The Morgan fingerprint density at radius 3 is 2.81 bits per heavy atom. The highest BCUT2D eigenvalue weighted by Crippen LogP contribution is 2.26. The van der Waals surface area contributed by atoms with Crippen molar-refractivity contribution in [1.29, 1.82) is 5.26 Å². The number of esters is 1. The zero-order chi connectivity index (χ0) is 15.6. The van der Waals surface area contributed by atoms with E-state index in [1.165, 1.54) is 7.11 Å². The van der Waals surface area contributed by atoms with Crippen molar-refractivity contribution >= 4 is 11.8 Å². The summed E-state index contributed by atoms with van der Waals surface area (Å²) in [5.41, 5.74) is 8.09. The van der Waals surface area contributed by atoms with E-state index in [1.54, 1.807) is 10.6 Å². The smallest absolute Gasteiger partial charge is 0.360 e. The molecule has 2 aromatic rings. The predicted molar refractivity (Wildman–Crippen MR) is 78.1 cm³/mol. The molecule has 0 saturated heterocycles. The van der Waals surface area contributed by atoms with Crippen molar-refractivity contribution in [3.8, 4) is 11.8 Å². The molecule has 0 bridgehead atoms. The fraction of sp³-hybridized carbons (Fsp3) is 0.267. The third kappa shape index (κ3) is 2.34. The van der Waals surface area contributed by atoms with Gasteiger partial charge in [0.15, 0.2) is 5.69 Å². The second-order valence-corrected chi connectivity index (χ2v) is 4.52. The third-order valence-corrected chi connectivity index (χ3v) is 3.28. The normalized spacial score (nSPS) is 10.2. The standard InChI is InChI=1S/C15H16N4O2/c1-4-12-18-13(15(20)21-3)14(17)19(12)11-7-5-6-9(2)10(11)8-16/h5-7H,4,17H2,1-3H3. The highest BCUT2D eigenvalue weighted by Gasteiger charge is 2.22. The summed E-state index contributed by atoms with van der Waals surface area (Å²) in [5, 5.41) is 9.36. The molecule has 0 aliphatic heterocycles. The van der Waals surface area contributed by atoms with Crippen LogP contribution in [0, 0.1) is 18.3 Å². The molecule has 0 atom stereocenters. The Morgan fingerprint density at radius 1 is 1.52 bits per heavy atom. The molecule has 1 aromatic heterocycles. The van der Waals surface area contributed by atoms with Gasteiger partial charge in [-0.2, -0.15) is 5.26 Å². The first-order chi connectivity index (χ1) is 10.0. The molecule has 0 amide bonds. The Bertz CT molecular complexity index is 741. The number of nitrogens with zero attached hydrogens (tertiary/aromatic N) is 3. The number of nitrogens with two attached hydrogens (primary N) is 1. The lowest BCUT2D eigenvalue weighted by Gasteiger charge is -2.12. The van der Waals surface area contributed by atoms with E-state index in [4.69, 9.17) is 5.73 Å². The minimum absolute atomic E-state index is 0.0692. The number of hydrogen-bond acceptors (Lipinski definition) is 5. The van der Waals surface area contributed by atoms with Crippen LogP contribution < -0.4 is 5.73 Å². The molecule has 0 unspecified atom stereocenters. The van der Waals surface area contributed by atoms with Crippen molar-refractivity contribution in [3.05, 3.63) is 40.8 Å². The molecule has 0 radical (unpaired) electrons. The Kier molecular flexibility index (Phi) is 3.94. The van der Waals surface area contributed by atoms with E-state index in [1.807, 2.05) is 26.0 Å². The first-order valence-corrected chi connectivity index (χ1v) is 6.50. The maximum Gasteiger partial charge on any atom is 0.360 e. The van der Waals surface area contributed by atoms with Crippen LogP contribution in [0.4, 0.5) is 5.82 Å². The monoisotopic (exact) mass is 284 g/mol. The van der Waals surface area contributed by atoms with Crippen LogP contribution >= 0.6 is 0 Å². The van der Waals surface area contributed by atoms with Crippen molar-refractivity contribution in [2.24, 2.45) is 0 Å². The van der Waals surface area contributed by atoms with Crippen LogP contribution in [0.3, 0.4) is 0 Å². The zero-order valence-electron chi connectivity index (χ0n) is 12.2. The van der Waals surface area contributed by atoms with Crippen molar-refractivity contribution in [3.63, 3.8) is 0 Å². The van der Waals surface area contributed by atoms with Crippen LogP contribution in [0.15, 0.2) is 18.2 Å². The summed E-state index contributed by atoms with van der Waals surface area (Å²) in [4.78, 5) is 16.0. The molecular weight excluding hydrogens is 268 g/mol. The van der Waals surface area contributed by atoms with Gasteiger partial charge in [0.1, 0.15) is 17.7 Å². The van der Waals surface area contributed by atoms with Crippen LogP contribution in [0.2, 0.25) is 0 Å². The maximum atomic E-state index is 11.7. The van der Waals surface area contributed by atoms with Gasteiger partial charge in [-0.05, 0) is 18.6 Å². The predicted octanol–water partition coefficient (Wildman–Crippen LogP) is 1.98. The van der Waals surface area contributed by atoms with E-state index >= 15 is 0 Å². The number of benzene rings is 1. The summed E-state index contributed by atoms with van der Waals surface area (Å²) in [6.07, 6.45) is 0.569. The van der Waals surface area contributed by atoms with Gasteiger partial charge in [0.05, 0.1) is 18.4 Å². The molecule has 21 heavy (non-hydrogen) atoms. The summed E-state index contributed by atoms with van der Waals surface area (Å²) in [6.45, 7) is 3.75. The van der Waals surface area contributed by atoms with Crippen LogP contribution in [0.25, 0.3) is 5.69 Å². The molecular formula is C15H16N4O2. The third-order valence-electron chi connectivity index (χ3n) is 3.28. The average Bonchev–Trinajstić information content (AvgIpc) is 2.82. The lowest BCUT2D eigenvalue weighted by atomic mass is 10.1. The molecule has 2 N–H and O–H groups in total. The van der Waals surface area contributed by atoms with E-state index < -0.39 is 5.97 Å². The maximum absolute atomic E-state index is 11.7. The molecule has 0 saturated carbocycles. The molecule has 1 aromatic carbocycles. The first kappa shape index (κ1) is 14.6. The Morgan fingerprint density at radius 2 is 2.24 bits per heavy atom. The number of nitrogen functional groups attached to an aromatic ring is 1. The van der Waals surface area contributed by atoms with E-state index in [2.05, 4.69) is 15.8 Å². The van der Waals surface area contributed by atoms with Crippen molar-refractivity contribution in [2.45, 2.75) is 20.3 Å². The van der Waals surface area contributed by atoms with Gasteiger partial charge in [-0.15, -0.1) is 0 Å². The largest absolute Gasteiger partial charge is 0.464 e. The number of hydrogen-bond donors (Lipinski definition) is 1. The van der Waals surface area contributed by atoms with E-state index in [0.29, 0.717) is 23.5 Å². The number of rotatable bonds is 3. The molecule has 0 spiro atoms. The van der Waals surface area contributed by atoms with E-state index in [-0.39, 0.29) is 11.5 Å². The lowest BCUT2D eigenvalue weighted by molar-refractivity contribution is 0.0596. The fourth-order valence-electron chi connectivity index (χ4n) is 2.22. The van der Waals surface area contributed by atoms with Gasteiger partial charge in [-0.3, -0.25) is 4.57 Å². The van der Waals surface area contributed by atoms with E-state index in [0.717, 1.165) is 5.56 Å². The minimum Gasteiger partial charge on any atom is -0.464 e. The SMILES string of the molecule is CCc1nc(C(=O)OC)c(N)n1-c1cccc(C)c1C#N. The molecule has 1 heterocycles. The van der Waals surface area contributed by atoms with E-state index in [9.17, 15) is 10.1 Å². The molecule has 0 fully saturated rings. The highest BCUT2D eigenvalue weighted by atomic mass is 16.5. The number of ether oxygens (including phenoxy) is 1. The zero-order valence-corrected chi connectivity index (χ0v) is 12.2. The summed E-state index contributed by atoms with van der Waals surface area (Å²) in [5.74, 6) is 0.197. The highest BCUT2D eigenvalue weighted by molar-refractivity contribution is 5.92. The number of imidazole rings is 1. The van der Waals surface area contributed by atoms with Gasteiger partial charge in [-0.1, -0.05) is 19.1 Å². The molecule has 6 heteroatoms. The van der Waals surface area contributed by atoms with Crippen LogP contribution in [0.5, 0.6) is 0 Å². The average molecular weight is 284 g/mol. The molecule has 0 aliphatic carbocycles. The fourth-order valence-corrected chi connectivity index (χ4v) is 2.22. The molecule has 2 rings (SSSR count). The summed E-state index contributed by atoms with van der Waals surface area (Å²) in [6, 6.07) is 7.64. The number of aryl methyl sites for hydroxylation is 2. The van der Waals surface area contributed by atoms with Crippen molar-refractivity contribution < 1.29 is 9.53 Å². The number of carbonyl (C=O) groups is 1. The van der Waals surface area contributed by atoms with Gasteiger partial charge in [0, 0.05) is 6.42 Å². The second kappa shape index (κ2) is 5.67. The molecule has 108 valence electrons. The Balaban J connectivity index is 2.76.